The first kappa shape index (κ1) is 32.4. The summed E-state index contributed by atoms with van der Waals surface area (Å²) in [6.45, 7) is -0.830. The van der Waals surface area contributed by atoms with E-state index >= 15 is 0 Å². The fourth-order valence-corrected chi connectivity index (χ4v) is 6.46. The molecule has 4 bridgehead atoms. The minimum atomic E-state index is -1.95. The third kappa shape index (κ3) is 6.65. The number of hydrogen-bond acceptors (Lipinski definition) is 13. The van der Waals surface area contributed by atoms with Gasteiger partial charge in [-0.15, -0.1) is 0 Å². The number of aliphatic hydroxyl groups excluding tert-OH is 4. The van der Waals surface area contributed by atoms with Crippen LogP contribution in [0.25, 0.3) is 12.2 Å². The Labute approximate surface area is 264 Å². The molecule has 2 aromatic carbocycles. The van der Waals surface area contributed by atoms with Crippen molar-refractivity contribution in [2.24, 2.45) is 11.8 Å². The van der Waals surface area contributed by atoms with Crippen LogP contribution in [0.4, 0.5) is 0 Å². The van der Waals surface area contributed by atoms with Crippen LogP contribution in [0.5, 0.6) is 0 Å². The van der Waals surface area contributed by atoms with Crippen LogP contribution in [0.15, 0.2) is 72.8 Å². The summed E-state index contributed by atoms with van der Waals surface area (Å²) >= 11 is 0. The summed E-state index contributed by atoms with van der Waals surface area (Å²) in [5.74, 6) is -3.22. The molecule has 0 amide bonds. The molecule has 13 nitrogen and oxygen atoms in total. The molecule has 0 radical (unpaired) electrons. The molecular weight excluding hydrogens is 604 g/mol. The van der Waals surface area contributed by atoms with Gasteiger partial charge in [-0.3, -0.25) is 0 Å². The first-order valence-corrected chi connectivity index (χ1v) is 15.0. The predicted octanol–water partition coefficient (Wildman–Crippen LogP) is 0.133. The maximum atomic E-state index is 12.7. The van der Waals surface area contributed by atoms with Gasteiger partial charge in [-0.25, -0.2) is 9.59 Å². The van der Waals surface area contributed by atoms with E-state index in [-0.39, 0.29) is 13.0 Å². The Kier molecular flexibility index (Phi) is 9.66. The highest BCUT2D eigenvalue weighted by atomic mass is 16.8. The molecule has 246 valence electrons. The fraction of sp³-hybridized carbons (Fsp3) is 0.455. The molecule has 1 aliphatic carbocycles. The first-order valence-electron chi connectivity index (χ1n) is 15.0. The van der Waals surface area contributed by atoms with Gasteiger partial charge in [0.25, 0.3) is 0 Å². The molecule has 0 unspecified atom stereocenters. The van der Waals surface area contributed by atoms with E-state index in [0.717, 1.165) is 11.1 Å². The largest absolute Gasteiger partial charge is 0.460 e. The Balaban J connectivity index is 1.12. The van der Waals surface area contributed by atoms with Crippen LogP contribution in [-0.4, -0.2) is 112 Å². The van der Waals surface area contributed by atoms with Gasteiger partial charge in [0.2, 0.25) is 0 Å². The standard InChI is InChI=1S/C33H36O13/c34-22(13-11-18-7-3-1-4-8-18)41-16-21-27(37)28(38)29(39)32(43-21)46-31-25-20-15-24(45-31)42-17-33(25,40)30(26(20)36)44-23(35)14-12-19-9-5-2-6-10-19/h1-14,20-21,24-32,36-40H,15-17H2/b13-11+,14-12+/t20-,21-,24-,25-,26+,27-,28+,29-,30-,31+,32+,33+/m1/s1. The van der Waals surface area contributed by atoms with Crippen LogP contribution in [0.1, 0.15) is 17.5 Å². The average Bonchev–Trinajstić information content (AvgIpc) is 3.16. The molecule has 46 heavy (non-hydrogen) atoms. The lowest BCUT2D eigenvalue weighted by molar-refractivity contribution is -0.371. The number of esters is 2. The van der Waals surface area contributed by atoms with E-state index in [1.165, 1.54) is 18.2 Å². The summed E-state index contributed by atoms with van der Waals surface area (Å²) in [5, 5.41) is 54.9. The highest BCUT2D eigenvalue weighted by molar-refractivity contribution is 5.87. The molecule has 7 rings (SSSR count). The molecule has 2 aromatic rings. The van der Waals surface area contributed by atoms with Crippen molar-refractivity contribution in [1.82, 2.24) is 0 Å². The third-order valence-corrected chi connectivity index (χ3v) is 8.82. The van der Waals surface area contributed by atoms with Crippen LogP contribution < -0.4 is 0 Å². The van der Waals surface area contributed by atoms with Gasteiger partial charge in [0.15, 0.2) is 25.0 Å². The van der Waals surface area contributed by atoms with Crippen LogP contribution in [-0.2, 0) is 38.0 Å². The van der Waals surface area contributed by atoms with Crippen molar-refractivity contribution in [3.05, 3.63) is 83.9 Å². The highest BCUT2D eigenvalue weighted by Crippen LogP contribution is 2.53. The van der Waals surface area contributed by atoms with E-state index in [9.17, 15) is 35.1 Å². The smallest absolute Gasteiger partial charge is 0.331 e. The maximum Gasteiger partial charge on any atom is 0.331 e. The molecular formula is C33H36O13. The Morgan fingerprint density at radius 3 is 2.09 bits per heavy atom. The third-order valence-electron chi connectivity index (χ3n) is 8.82. The SMILES string of the molecule is O=C(/C=C/c1ccccc1)OC[C@H]1O[C@@H](O[C@@H]2O[C@@H]3C[C@H]4[C@H](O)[C@@H](OC(=O)/C=C/c5ccccc5)[C@](O)(CO3)[C@@H]24)[C@H](O)[C@@H](O)[C@@H]1O. The monoisotopic (exact) mass is 640 g/mol. The van der Waals surface area contributed by atoms with Gasteiger partial charge >= 0.3 is 11.9 Å². The number of rotatable bonds is 9. The Hall–Kier alpha value is -3.50. The van der Waals surface area contributed by atoms with E-state index < -0.39 is 91.5 Å². The van der Waals surface area contributed by atoms with Crippen molar-refractivity contribution in [3.63, 3.8) is 0 Å². The lowest BCUT2D eigenvalue weighted by Gasteiger charge is -2.44. The second kappa shape index (κ2) is 13.7. The molecule has 4 aliphatic heterocycles. The van der Waals surface area contributed by atoms with Gasteiger partial charge in [-0.1, -0.05) is 60.7 Å². The van der Waals surface area contributed by atoms with Crippen molar-refractivity contribution in [2.45, 2.75) is 67.5 Å². The van der Waals surface area contributed by atoms with Crippen molar-refractivity contribution in [3.8, 4) is 0 Å². The molecule has 12 atom stereocenters. The summed E-state index contributed by atoms with van der Waals surface area (Å²) < 4.78 is 34.0. The Morgan fingerprint density at radius 2 is 1.43 bits per heavy atom. The van der Waals surface area contributed by atoms with Crippen LogP contribution in [0, 0.1) is 11.8 Å². The van der Waals surface area contributed by atoms with E-state index in [4.69, 9.17) is 28.4 Å². The van der Waals surface area contributed by atoms with Crippen LogP contribution in [0.2, 0.25) is 0 Å². The number of ether oxygens (including phenoxy) is 6. The van der Waals surface area contributed by atoms with Crippen molar-refractivity contribution >= 4 is 24.1 Å². The highest BCUT2D eigenvalue weighted by Gasteiger charge is 2.69. The maximum absolute atomic E-state index is 12.7. The molecule has 5 aliphatic rings. The van der Waals surface area contributed by atoms with Crippen molar-refractivity contribution < 1.29 is 63.5 Å². The van der Waals surface area contributed by atoms with E-state index in [1.807, 2.05) is 24.3 Å². The number of fused-ring (bicyclic) bond motifs is 2. The van der Waals surface area contributed by atoms with Crippen LogP contribution in [0.3, 0.4) is 0 Å². The fourth-order valence-electron chi connectivity index (χ4n) is 6.46. The second-order valence-corrected chi connectivity index (χ2v) is 11.8. The van der Waals surface area contributed by atoms with Crippen LogP contribution >= 0.6 is 0 Å². The first-order chi connectivity index (χ1) is 22.1. The second-order valence-electron chi connectivity index (χ2n) is 11.8. The summed E-state index contributed by atoms with van der Waals surface area (Å²) in [4.78, 5) is 25.0. The number of carbonyl (C=O) groups excluding carboxylic acids is 2. The van der Waals surface area contributed by atoms with Gasteiger partial charge < -0.3 is 54.0 Å². The minimum absolute atomic E-state index is 0.159. The molecule has 5 fully saturated rings. The normalized spacial score (nSPS) is 38.6. The van der Waals surface area contributed by atoms with Gasteiger partial charge in [0.1, 0.15) is 36.6 Å². The van der Waals surface area contributed by atoms with Gasteiger partial charge in [0, 0.05) is 24.5 Å². The van der Waals surface area contributed by atoms with E-state index in [1.54, 1.807) is 42.5 Å². The number of hydrogen-bond donors (Lipinski definition) is 5. The molecule has 0 aromatic heterocycles. The van der Waals surface area contributed by atoms with Crippen molar-refractivity contribution in [1.29, 1.82) is 0 Å². The summed E-state index contributed by atoms with van der Waals surface area (Å²) in [7, 11) is 0. The zero-order chi connectivity index (χ0) is 32.4. The van der Waals surface area contributed by atoms with Gasteiger partial charge in [0.05, 0.1) is 18.6 Å². The quantitative estimate of drug-likeness (QED) is 0.184. The summed E-state index contributed by atoms with van der Waals surface area (Å²) in [6.07, 6.45) is -7.39. The molecule has 1 saturated carbocycles. The molecule has 13 heteroatoms. The topological polar surface area (TPSA) is 191 Å². The number of carbonyl (C=O) groups is 2. The molecule has 0 spiro atoms. The van der Waals surface area contributed by atoms with Crippen molar-refractivity contribution in [2.75, 3.05) is 13.2 Å². The average molecular weight is 641 g/mol. The number of aliphatic hydroxyl groups is 5. The molecule has 4 heterocycles. The molecule has 5 N–H and O–H groups in total. The number of benzene rings is 2. The van der Waals surface area contributed by atoms with Gasteiger partial charge in [-0.2, -0.15) is 0 Å². The minimum Gasteiger partial charge on any atom is -0.460 e. The van der Waals surface area contributed by atoms with E-state index in [0.29, 0.717) is 0 Å². The lowest BCUT2D eigenvalue weighted by Crippen LogP contribution is -2.61. The predicted molar refractivity (Wildman–Crippen MR) is 157 cm³/mol. The Morgan fingerprint density at radius 1 is 0.804 bits per heavy atom. The van der Waals surface area contributed by atoms with Gasteiger partial charge in [-0.05, 0) is 23.3 Å². The zero-order valence-corrected chi connectivity index (χ0v) is 24.6. The lowest BCUT2D eigenvalue weighted by atomic mass is 9.82. The summed E-state index contributed by atoms with van der Waals surface area (Å²) in [5.41, 5.74) is -0.434. The zero-order valence-electron chi connectivity index (χ0n) is 24.6. The molecule has 4 saturated heterocycles. The van der Waals surface area contributed by atoms with E-state index in [2.05, 4.69) is 0 Å². The Bertz CT molecular complexity index is 1420. The summed E-state index contributed by atoms with van der Waals surface area (Å²) in [6, 6.07) is 18.1.